The van der Waals surface area contributed by atoms with Crippen LogP contribution in [-0.4, -0.2) is 62.7 Å². The number of carboxylic acid groups (broad SMARTS) is 1. The van der Waals surface area contributed by atoms with E-state index in [-0.39, 0.29) is 43.3 Å². The van der Waals surface area contributed by atoms with Gasteiger partial charge in [0.2, 0.25) is 11.8 Å². The minimum absolute atomic E-state index is 0.0814. The molecule has 0 aromatic heterocycles. The Bertz CT molecular complexity index is 2310. The summed E-state index contributed by atoms with van der Waals surface area (Å²) in [6, 6.07) is 33.0. The molecule has 4 aromatic carbocycles. The maximum Gasteiger partial charge on any atom is 0.330 e. The average molecular weight is 942 g/mol. The van der Waals surface area contributed by atoms with E-state index in [9.17, 15) is 34.8 Å². The largest absolute Gasteiger partial charge is 0.480 e. The van der Waals surface area contributed by atoms with E-state index in [4.69, 9.17) is 17.6 Å². The second-order valence-electron chi connectivity index (χ2n) is 15.8. The molecule has 0 aliphatic heterocycles. The Morgan fingerprint density at radius 1 is 0.646 bits per heavy atom. The Morgan fingerprint density at radius 3 is 1.35 bits per heavy atom. The highest BCUT2D eigenvalue weighted by molar-refractivity contribution is 9.09. The lowest BCUT2D eigenvalue weighted by atomic mass is 9.98. The lowest BCUT2D eigenvalue weighted by molar-refractivity contribution is -0.156. The molecule has 1 N–H and O–H groups in total. The van der Waals surface area contributed by atoms with Crippen LogP contribution in [0.5, 0.6) is 0 Å². The van der Waals surface area contributed by atoms with Crippen molar-refractivity contribution in [3.05, 3.63) is 119 Å². The number of hydrogen-bond donors (Lipinski definition) is 1. The minimum atomic E-state index is -0.982. The predicted octanol–water partition coefficient (Wildman–Crippen LogP) is 10.8. The Labute approximate surface area is 394 Å². The van der Waals surface area contributed by atoms with Crippen LogP contribution in [0.4, 0.5) is 0 Å². The summed E-state index contributed by atoms with van der Waals surface area (Å²) < 4.78 is 5.19. The normalized spacial score (nSPS) is 11.1. The molecule has 0 saturated heterocycles. The number of alkyl halides is 1. The van der Waals surface area contributed by atoms with Crippen molar-refractivity contribution in [1.29, 1.82) is 10.5 Å². The molecule has 340 valence electrons. The van der Waals surface area contributed by atoms with E-state index in [1.165, 1.54) is 4.90 Å². The third-order valence-electron chi connectivity index (χ3n) is 10.3. The number of benzene rings is 4. The molecule has 2 amide bonds. The van der Waals surface area contributed by atoms with Crippen LogP contribution in [0.3, 0.4) is 0 Å². The van der Waals surface area contributed by atoms with E-state index in [1.54, 1.807) is 17.0 Å². The maximum absolute atomic E-state index is 13.0. The smallest absolute Gasteiger partial charge is 0.330 e. The van der Waals surface area contributed by atoms with E-state index in [0.29, 0.717) is 29.3 Å². The first kappa shape index (κ1) is 54.5. The number of esters is 1. The van der Waals surface area contributed by atoms with Crippen LogP contribution in [0.2, 0.25) is 0 Å². The fraction of sp³-hybridized carbons (Fsp3) is 0.370. The Balaban J connectivity index is 0.000000414. The molecule has 10 nitrogen and oxygen atoms in total. The SMILES string of the molecule is C#CCBr.C#CCOC(=O)[C@H](C(C)C)N(Cc1ccc(-c2ccccc2C#N)cc1)C(=O)CCCC.CCCCC(=O)N(Cc1ccc(-c2ccccc2C#N)cc1)[C@H](C(=O)O)C(C)C. The number of nitrogens with zero attached hydrogens (tertiary/aromatic N) is 4. The number of hydrogen-bond acceptors (Lipinski definition) is 7. The number of terminal acetylenes is 2. The van der Waals surface area contributed by atoms with Crippen LogP contribution in [0, 0.1) is 59.2 Å². The fourth-order valence-electron chi connectivity index (χ4n) is 7.00. The molecule has 4 rings (SSSR count). The van der Waals surface area contributed by atoms with Crippen LogP contribution in [0.15, 0.2) is 97.1 Å². The van der Waals surface area contributed by atoms with Crippen molar-refractivity contribution in [1.82, 2.24) is 9.80 Å². The molecule has 0 aliphatic carbocycles. The molecule has 0 fully saturated rings. The van der Waals surface area contributed by atoms with Gasteiger partial charge in [-0.15, -0.1) is 12.8 Å². The first-order valence-electron chi connectivity index (χ1n) is 21.8. The highest BCUT2D eigenvalue weighted by Gasteiger charge is 2.34. The number of carboxylic acids is 1. The summed E-state index contributed by atoms with van der Waals surface area (Å²) in [5.41, 5.74) is 6.49. The van der Waals surface area contributed by atoms with Crippen molar-refractivity contribution in [3.63, 3.8) is 0 Å². The summed E-state index contributed by atoms with van der Waals surface area (Å²) in [5.74, 6) is 2.65. The van der Waals surface area contributed by atoms with Crippen molar-refractivity contribution in [2.45, 2.75) is 105 Å². The van der Waals surface area contributed by atoms with Crippen LogP contribution < -0.4 is 0 Å². The van der Waals surface area contributed by atoms with E-state index in [2.05, 4.69) is 39.9 Å². The predicted molar refractivity (Wildman–Crippen MR) is 261 cm³/mol. The zero-order chi connectivity index (χ0) is 48.3. The van der Waals surface area contributed by atoms with Gasteiger partial charge in [-0.1, -0.05) is 167 Å². The number of ether oxygens (including phenoxy) is 1. The van der Waals surface area contributed by atoms with Gasteiger partial charge in [0.25, 0.3) is 0 Å². The summed E-state index contributed by atoms with van der Waals surface area (Å²) in [5, 5.41) is 29.0. The summed E-state index contributed by atoms with van der Waals surface area (Å²) in [6.07, 6.45) is 13.9. The van der Waals surface area contributed by atoms with Gasteiger partial charge in [0, 0.05) is 25.9 Å². The molecule has 0 spiro atoms. The molecule has 65 heavy (non-hydrogen) atoms. The standard InChI is InChI=1S/C27H30N2O3.C24H28N2O3.C3H3Br/c1-5-7-12-25(30)29(26(20(3)4)27(31)32-17-6-2)19-21-13-15-22(16-14-21)24-11-9-8-10-23(24)18-28;1-4-5-10-22(27)26(23(17(2)3)24(28)29)16-18-11-13-19(14-12-18)21-9-7-6-8-20(21)15-25;1-2-3-4/h2,8-11,13-16,20,26H,5,7,12,17,19H2,1,3-4H3;6-9,11-14,17,23H,4-5,10,16H2,1-3H3,(H,28,29);1H,3H2/t26-;23-;/m00./s1. The molecule has 0 radical (unpaired) electrons. The van der Waals surface area contributed by atoms with Crippen LogP contribution >= 0.6 is 15.9 Å². The van der Waals surface area contributed by atoms with Gasteiger partial charge >= 0.3 is 11.9 Å². The van der Waals surface area contributed by atoms with Crippen LogP contribution in [0.1, 0.15) is 102 Å². The molecular weight excluding hydrogens is 881 g/mol. The number of halogens is 1. The van der Waals surface area contributed by atoms with E-state index >= 15 is 0 Å². The molecule has 0 bridgehead atoms. The fourth-order valence-corrected chi connectivity index (χ4v) is 7.00. The number of carbonyl (C=O) groups is 4. The Morgan fingerprint density at radius 2 is 1.03 bits per heavy atom. The molecule has 2 atom stereocenters. The maximum atomic E-state index is 13.0. The second kappa shape index (κ2) is 29.7. The quantitative estimate of drug-likeness (QED) is 0.0554. The molecule has 0 heterocycles. The average Bonchev–Trinajstić information content (AvgIpc) is 3.31. The summed E-state index contributed by atoms with van der Waals surface area (Å²) >= 11 is 3.01. The highest BCUT2D eigenvalue weighted by Crippen LogP contribution is 2.27. The van der Waals surface area contributed by atoms with E-state index in [1.807, 2.05) is 126 Å². The van der Waals surface area contributed by atoms with Crippen LogP contribution in [-0.2, 0) is 37.0 Å². The van der Waals surface area contributed by atoms with Crippen molar-refractivity contribution >= 4 is 39.7 Å². The molecule has 0 saturated carbocycles. The first-order chi connectivity index (χ1) is 31.2. The molecule has 0 aliphatic rings. The monoisotopic (exact) mass is 940 g/mol. The van der Waals surface area contributed by atoms with Gasteiger partial charge in [-0.05, 0) is 70.2 Å². The van der Waals surface area contributed by atoms with E-state index in [0.717, 1.165) is 59.1 Å². The van der Waals surface area contributed by atoms with Gasteiger partial charge in [-0.3, -0.25) is 9.59 Å². The number of aliphatic carboxylic acids is 1. The zero-order valence-corrected chi connectivity index (χ0v) is 40.0. The zero-order valence-electron chi connectivity index (χ0n) is 38.4. The topological polar surface area (TPSA) is 152 Å². The van der Waals surface area contributed by atoms with Crippen molar-refractivity contribution in [3.8, 4) is 59.1 Å². The highest BCUT2D eigenvalue weighted by atomic mass is 79.9. The van der Waals surface area contributed by atoms with Gasteiger partial charge in [0.15, 0.2) is 6.61 Å². The Hall–Kier alpha value is -6.66. The summed E-state index contributed by atoms with van der Waals surface area (Å²) in [6.45, 7) is 11.9. The summed E-state index contributed by atoms with van der Waals surface area (Å²) in [4.78, 5) is 53.5. The van der Waals surface area contributed by atoms with Gasteiger partial charge in [0.1, 0.15) is 12.1 Å². The van der Waals surface area contributed by atoms with Crippen LogP contribution in [0.25, 0.3) is 22.3 Å². The number of nitriles is 2. The Kier molecular flexibility index (Phi) is 24.9. The molecule has 4 aromatic rings. The number of carbonyl (C=O) groups excluding carboxylic acids is 3. The third kappa shape index (κ3) is 17.4. The number of amides is 2. The molecule has 11 heteroatoms. The minimum Gasteiger partial charge on any atom is -0.480 e. The van der Waals surface area contributed by atoms with Gasteiger partial charge < -0.3 is 19.6 Å². The van der Waals surface area contributed by atoms with Crippen molar-refractivity contribution in [2.75, 3.05) is 11.9 Å². The summed E-state index contributed by atoms with van der Waals surface area (Å²) in [7, 11) is 0. The number of rotatable bonds is 19. The molecule has 0 unspecified atom stereocenters. The van der Waals surface area contributed by atoms with Gasteiger partial charge in [-0.25, -0.2) is 9.59 Å². The lowest BCUT2D eigenvalue weighted by Crippen LogP contribution is -2.48. The first-order valence-corrected chi connectivity index (χ1v) is 22.9. The second-order valence-corrected chi connectivity index (χ2v) is 16.4. The number of unbranched alkanes of at least 4 members (excludes halogenated alkanes) is 2. The van der Waals surface area contributed by atoms with Crippen molar-refractivity contribution < 1.29 is 29.0 Å². The van der Waals surface area contributed by atoms with Gasteiger partial charge in [-0.2, -0.15) is 10.5 Å². The van der Waals surface area contributed by atoms with E-state index < -0.39 is 24.0 Å². The van der Waals surface area contributed by atoms with Gasteiger partial charge in [0.05, 0.1) is 28.6 Å². The lowest BCUT2D eigenvalue weighted by Gasteiger charge is -2.33. The molecular formula is C54H61BrN4O6. The van der Waals surface area contributed by atoms with Crippen molar-refractivity contribution in [2.24, 2.45) is 11.8 Å². The third-order valence-corrected chi connectivity index (χ3v) is 10.6.